The number of rotatable bonds is 5. The zero-order valence-electron chi connectivity index (χ0n) is 16.0. The number of carbonyl (C=O) groups is 1. The molecule has 1 amide bonds. The number of pyridine rings is 1. The van der Waals surface area contributed by atoms with Crippen LogP contribution in [0.3, 0.4) is 0 Å². The zero-order chi connectivity index (χ0) is 19.5. The first kappa shape index (κ1) is 18.3. The highest BCUT2D eigenvalue weighted by atomic mass is 16.5. The Kier molecular flexibility index (Phi) is 5.14. The van der Waals surface area contributed by atoms with E-state index in [0.29, 0.717) is 12.2 Å². The molecule has 0 bridgehead atoms. The summed E-state index contributed by atoms with van der Waals surface area (Å²) in [6, 6.07) is 7.93. The quantitative estimate of drug-likeness (QED) is 0.711. The van der Waals surface area contributed by atoms with Gasteiger partial charge in [-0.1, -0.05) is 6.07 Å². The number of nitrogens with two attached hydrogens (primary N) is 1. The molecule has 4 rings (SSSR count). The minimum Gasteiger partial charge on any atom is -0.490 e. The van der Waals surface area contributed by atoms with Gasteiger partial charge in [-0.25, -0.2) is 4.98 Å². The Labute approximate surface area is 163 Å². The van der Waals surface area contributed by atoms with Gasteiger partial charge < -0.3 is 20.4 Å². The van der Waals surface area contributed by atoms with E-state index >= 15 is 0 Å². The van der Waals surface area contributed by atoms with Gasteiger partial charge in [-0.05, 0) is 50.8 Å². The van der Waals surface area contributed by atoms with Crippen molar-refractivity contribution in [1.29, 1.82) is 0 Å². The van der Waals surface area contributed by atoms with E-state index in [1.54, 1.807) is 23.3 Å². The van der Waals surface area contributed by atoms with Gasteiger partial charge in [0.25, 0.3) is 0 Å². The zero-order valence-corrected chi connectivity index (χ0v) is 16.0. The van der Waals surface area contributed by atoms with Crippen LogP contribution in [0.25, 0.3) is 10.9 Å². The number of carbonyl (C=O) groups excluding carboxylic acids is 1. The Morgan fingerprint density at radius 3 is 2.89 bits per heavy atom. The summed E-state index contributed by atoms with van der Waals surface area (Å²) in [6.45, 7) is 2.24. The van der Waals surface area contributed by atoms with Gasteiger partial charge in [0.05, 0.1) is 23.3 Å². The Hall–Kier alpha value is -3.09. The van der Waals surface area contributed by atoms with Crippen molar-refractivity contribution >= 4 is 22.5 Å². The van der Waals surface area contributed by atoms with Crippen LogP contribution in [-0.2, 0) is 11.3 Å². The third-order valence-corrected chi connectivity index (χ3v) is 5.17. The molecule has 2 heterocycles. The van der Waals surface area contributed by atoms with Crippen molar-refractivity contribution in [3.63, 3.8) is 0 Å². The predicted octanol–water partition coefficient (Wildman–Crippen LogP) is 2.83. The van der Waals surface area contributed by atoms with Crippen LogP contribution in [0.2, 0.25) is 0 Å². The maximum absolute atomic E-state index is 12.2. The first-order valence-corrected chi connectivity index (χ1v) is 9.66. The van der Waals surface area contributed by atoms with E-state index in [-0.39, 0.29) is 18.1 Å². The van der Waals surface area contributed by atoms with Crippen molar-refractivity contribution in [2.24, 2.45) is 0 Å². The lowest BCUT2D eigenvalue weighted by Gasteiger charge is -2.30. The highest BCUT2D eigenvalue weighted by molar-refractivity contribution is 5.95. The first-order valence-electron chi connectivity index (χ1n) is 9.66. The van der Waals surface area contributed by atoms with Crippen molar-refractivity contribution in [3.05, 3.63) is 48.7 Å². The molecule has 0 radical (unpaired) electrons. The molecule has 0 atom stereocenters. The number of fused-ring (bicyclic) bond motifs is 1. The number of nitrogens with zero attached hydrogens (tertiary/aromatic N) is 3. The van der Waals surface area contributed by atoms with E-state index in [0.717, 1.165) is 48.0 Å². The summed E-state index contributed by atoms with van der Waals surface area (Å²) in [5.41, 5.74) is 8.67. The van der Waals surface area contributed by atoms with Crippen molar-refractivity contribution < 1.29 is 9.53 Å². The molecule has 3 N–H and O–H groups in total. The third kappa shape index (κ3) is 4.08. The molecule has 1 aliphatic carbocycles. The number of nitrogen functional groups attached to an aromatic ring is 1. The van der Waals surface area contributed by atoms with Crippen LogP contribution in [0, 0.1) is 6.92 Å². The fourth-order valence-corrected chi connectivity index (χ4v) is 3.84. The number of imidazole rings is 1. The predicted molar refractivity (Wildman–Crippen MR) is 108 cm³/mol. The van der Waals surface area contributed by atoms with Crippen LogP contribution in [0.1, 0.15) is 31.4 Å². The van der Waals surface area contributed by atoms with Crippen LogP contribution in [0.4, 0.5) is 5.69 Å². The topological polar surface area (TPSA) is 95.1 Å². The molecule has 146 valence electrons. The van der Waals surface area contributed by atoms with Crippen molar-refractivity contribution in [1.82, 2.24) is 19.9 Å². The SMILES string of the molecule is Cc1cc(N)c2c(OC3CCC(NC(=O)Cn4ccnc4)CC3)cccc2n1. The van der Waals surface area contributed by atoms with Gasteiger partial charge in [0.2, 0.25) is 5.91 Å². The number of anilines is 1. The van der Waals surface area contributed by atoms with E-state index in [2.05, 4.69) is 15.3 Å². The monoisotopic (exact) mass is 379 g/mol. The number of benzene rings is 1. The minimum atomic E-state index is 0.0191. The third-order valence-electron chi connectivity index (χ3n) is 5.17. The number of hydrogen-bond donors (Lipinski definition) is 2. The summed E-state index contributed by atoms with van der Waals surface area (Å²) >= 11 is 0. The second-order valence-electron chi connectivity index (χ2n) is 7.40. The first-order chi connectivity index (χ1) is 13.6. The molecule has 7 heteroatoms. The minimum absolute atomic E-state index is 0.0191. The number of hydrogen-bond acceptors (Lipinski definition) is 5. The second-order valence-corrected chi connectivity index (χ2v) is 7.40. The van der Waals surface area contributed by atoms with E-state index in [1.165, 1.54) is 0 Å². The van der Waals surface area contributed by atoms with Gasteiger partial charge in [0.1, 0.15) is 12.3 Å². The summed E-state index contributed by atoms with van der Waals surface area (Å²) < 4.78 is 8.05. The number of amides is 1. The standard InChI is InChI=1S/C21H25N5O2/c1-14-11-17(22)21-18(24-14)3-2-4-19(21)28-16-7-5-15(6-8-16)25-20(27)12-26-10-9-23-13-26/h2-4,9-11,13,15-16H,5-8,12H2,1H3,(H2,22,24)(H,25,27). The van der Waals surface area contributed by atoms with Gasteiger partial charge in [0.15, 0.2) is 0 Å². The van der Waals surface area contributed by atoms with Crippen molar-refractivity contribution in [2.45, 2.75) is 51.3 Å². The Morgan fingerprint density at radius 2 is 2.14 bits per heavy atom. The molecule has 1 aromatic carbocycles. The van der Waals surface area contributed by atoms with Crippen LogP contribution in [0.15, 0.2) is 43.0 Å². The molecular formula is C21H25N5O2. The second kappa shape index (κ2) is 7.88. The Balaban J connectivity index is 1.35. The van der Waals surface area contributed by atoms with Gasteiger partial charge >= 0.3 is 0 Å². The fraction of sp³-hybridized carbons (Fsp3) is 0.381. The smallest absolute Gasteiger partial charge is 0.240 e. The summed E-state index contributed by atoms with van der Waals surface area (Å²) in [4.78, 5) is 20.7. The van der Waals surface area contributed by atoms with Crippen LogP contribution in [-0.4, -0.2) is 32.6 Å². The lowest BCUT2D eigenvalue weighted by atomic mass is 9.93. The normalized spacial score (nSPS) is 19.5. The summed E-state index contributed by atoms with van der Waals surface area (Å²) in [5.74, 6) is 0.806. The molecule has 7 nitrogen and oxygen atoms in total. The summed E-state index contributed by atoms with van der Waals surface area (Å²) in [7, 11) is 0. The average Bonchev–Trinajstić information content (AvgIpc) is 3.16. The number of aryl methyl sites for hydroxylation is 1. The molecule has 3 aromatic rings. The van der Waals surface area contributed by atoms with Gasteiger partial charge in [0, 0.05) is 29.8 Å². The molecule has 1 aliphatic rings. The molecule has 0 saturated heterocycles. The fourth-order valence-electron chi connectivity index (χ4n) is 3.84. The molecule has 1 fully saturated rings. The van der Waals surface area contributed by atoms with Crippen LogP contribution < -0.4 is 15.8 Å². The molecule has 0 spiro atoms. The highest BCUT2D eigenvalue weighted by Gasteiger charge is 2.24. The number of nitrogens with one attached hydrogen (secondary N) is 1. The van der Waals surface area contributed by atoms with Crippen LogP contribution >= 0.6 is 0 Å². The highest BCUT2D eigenvalue weighted by Crippen LogP contribution is 2.33. The van der Waals surface area contributed by atoms with Crippen molar-refractivity contribution in [3.8, 4) is 5.75 Å². The molecule has 0 unspecified atom stereocenters. The Morgan fingerprint density at radius 1 is 1.32 bits per heavy atom. The van der Waals surface area contributed by atoms with E-state index in [4.69, 9.17) is 10.5 Å². The average molecular weight is 379 g/mol. The molecule has 1 saturated carbocycles. The molecule has 2 aromatic heterocycles. The summed E-state index contributed by atoms with van der Waals surface area (Å²) in [5, 5.41) is 3.99. The van der Waals surface area contributed by atoms with E-state index in [1.807, 2.05) is 31.2 Å². The maximum Gasteiger partial charge on any atom is 0.240 e. The molecule has 28 heavy (non-hydrogen) atoms. The van der Waals surface area contributed by atoms with Gasteiger partial charge in [-0.15, -0.1) is 0 Å². The van der Waals surface area contributed by atoms with E-state index < -0.39 is 0 Å². The van der Waals surface area contributed by atoms with Gasteiger partial charge in [-0.3, -0.25) is 9.78 Å². The largest absolute Gasteiger partial charge is 0.490 e. The Bertz CT molecular complexity index is 962. The molecular weight excluding hydrogens is 354 g/mol. The van der Waals surface area contributed by atoms with Crippen molar-refractivity contribution in [2.75, 3.05) is 5.73 Å². The van der Waals surface area contributed by atoms with E-state index in [9.17, 15) is 4.79 Å². The molecule has 0 aliphatic heterocycles. The lowest BCUT2D eigenvalue weighted by molar-refractivity contribution is -0.122. The maximum atomic E-state index is 12.2. The number of aromatic nitrogens is 3. The summed E-state index contributed by atoms with van der Waals surface area (Å²) in [6.07, 6.45) is 8.82. The van der Waals surface area contributed by atoms with Gasteiger partial charge in [-0.2, -0.15) is 0 Å². The lowest BCUT2D eigenvalue weighted by Crippen LogP contribution is -2.41. The van der Waals surface area contributed by atoms with Crippen LogP contribution in [0.5, 0.6) is 5.75 Å². The number of ether oxygens (including phenoxy) is 1.